The van der Waals surface area contributed by atoms with Crippen molar-refractivity contribution in [3.8, 4) is 11.3 Å². The Labute approximate surface area is 189 Å². The fourth-order valence-corrected chi connectivity index (χ4v) is 4.45. The molecule has 2 heterocycles. The molecule has 0 spiro atoms. The zero-order valence-corrected chi connectivity index (χ0v) is 18.9. The van der Waals surface area contributed by atoms with Gasteiger partial charge in [0.2, 0.25) is 11.9 Å². The molecular weight excluding hydrogens is 426 g/mol. The van der Waals surface area contributed by atoms with Crippen molar-refractivity contribution in [3.05, 3.63) is 63.7 Å². The number of carbonyl (C=O) groups excluding carboxylic acids is 2. The number of benzene rings is 1. The number of nitrogens with one attached hydrogen (secondary N) is 2. The van der Waals surface area contributed by atoms with Gasteiger partial charge in [-0.1, -0.05) is 55.9 Å². The van der Waals surface area contributed by atoms with Gasteiger partial charge in [0.1, 0.15) is 0 Å². The van der Waals surface area contributed by atoms with E-state index in [4.69, 9.17) is 0 Å². The molecule has 2 aromatic heterocycles. The lowest BCUT2D eigenvalue weighted by Crippen LogP contribution is -2.30. The minimum Gasteiger partial charge on any atom is -0.301 e. The van der Waals surface area contributed by atoms with Gasteiger partial charge in [0.25, 0.3) is 5.56 Å². The summed E-state index contributed by atoms with van der Waals surface area (Å²) in [7, 11) is 0. The van der Waals surface area contributed by atoms with E-state index in [0.29, 0.717) is 40.6 Å². The second-order valence-corrected chi connectivity index (χ2v) is 9.50. The topological polar surface area (TPSA) is 118 Å². The van der Waals surface area contributed by atoms with Gasteiger partial charge in [-0.15, -0.1) is 0 Å². The lowest BCUT2D eigenvalue weighted by Gasteiger charge is -2.30. The van der Waals surface area contributed by atoms with E-state index in [1.165, 1.54) is 6.07 Å². The summed E-state index contributed by atoms with van der Waals surface area (Å²) in [4.78, 5) is 52.8. The van der Waals surface area contributed by atoms with Gasteiger partial charge in [-0.05, 0) is 18.8 Å². The molecule has 8 nitrogen and oxygen atoms in total. The molecule has 0 unspecified atom stereocenters. The SMILES string of the molecule is Cc1nc(NC(=O)CSc2nc(-c3ccccc3)cc(=O)[nH]2)nc2c1C(=O)CC(C)(C)C2. The van der Waals surface area contributed by atoms with Gasteiger partial charge in [0.05, 0.1) is 28.4 Å². The van der Waals surface area contributed by atoms with E-state index in [0.717, 1.165) is 17.3 Å². The second kappa shape index (κ2) is 8.66. The minimum absolute atomic E-state index is 0.0189. The molecule has 0 atom stereocenters. The maximum absolute atomic E-state index is 12.5. The molecule has 1 aliphatic carbocycles. The Morgan fingerprint density at radius 2 is 1.88 bits per heavy atom. The van der Waals surface area contributed by atoms with Gasteiger partial charge in [0.15, 0.2) is 10.9 Å². The first-order chi connectivity index (χ1) is 15.2. The monoisotopic (exact) mass is 449 g/mol. The summed E-state index contributed by atoms with van der Waals surface area (Å²) in [6, 6.07) is 10.8. The summed E-state index contributed by atoms with van der Waals surface area (Å²) in [5.74, 6) is -0.0960. The van der Waals surface area contributed by atoms with Gasteiger partial charge < -0.3 is 4.98 Å². The number of amides is 1. The highest BCUT2D eigenvalue weighted by atomic mass is 32.2. The van der Waals surface area contributed by atoms with Crippen LogP contribution in [0.25, 0.3) is 11.3 Å². The van der Waals surface area contributed by atoms with Crippen LogP contribution in [0.5, 0.6) is 0 Å². The number of hydrogen-bond donors (Lipinski definition) is 2. The number of aromatic nitrogens is 4. The maximum Gasteiger partial charge on any atom is 0.252 e. The molecule has 0 fully saturated rings. The van der Waals surface area contributed by atoms with Crippen LogP contribution >= 0.6 is 11.8 Å². The number of aromatic amines is 1. The number of Topliss-reactive ketones (excluding diaryl/α,β-unsaturated/α-hetero) is 1. The average molecular weight is 450 g/mol. The van der Waals surface area contributed by atoms with Crippen molar-refractivity contribution >= 4 is 29.4 Å². The molecule has 3 aromatic rings. The van der Waals surface area contributed by atoms with Crippen LogP contribution in [0.15, 0.2) is 46.3 Å². The van der Waals surface area contributed by atoms with Gasteiger partial charge in [0, 0.05) is 18.1 Å². The van der Waals surface area contributed by atoms with E-state index in [9.17, 15) is 14.4 Å². The van der Waals surface area contributed by atoms with Gasteiger partial charge in [-0.25, -0.2) is 15.0 Å². The second-order valence-electron chi connectivity index (χ2n) is 8.53. The maximum atomic E-state index is 12.5. The number of fused-ring (bicyclic) bond motifs is 1. The van der Waals surface area contributed by atoms with Crippen LogP contribution in [0.2, 0.25) is 0 Å². The molecule has 1 aromatic carbocycles. The van der Waals surface area contributed by atoms with Crippen LogP contribution in [-0.4, -0.2) is 37.4 Å². The molecule has 2 N–H and O–H groups in total. The molecule has 9 heteroatoms. The molecule has 0 aliphatic heterocycles. The first-order valence-electron chi connectivity index (χ1n) is 10.2. The molecule has 32 heavy (non-hydrogen) atoms. The summed E-state index contributed by atoms with van der Waals surface area (Å²) < 4.78 is 0. The lowest BCUT2D eigenvalue weighted by molar-refractivity contribution is -0.113. The van der Waals surface area contributed by atoms with Gasteiger partial charge in [-0.2, -0.15) is 0 Å². The van der Waals surface area contributed by atoms with Crippen LogP contribution in [0.3, 0.4) is 0 Å². The van der Waals surface area contributed by atoms with E-state index in [2.05, 4.69) is 25.3 Å². The highest BCUT2D eigenvalue weighted by molar-refractivity contribution is 7.99. The predicted molar refractivity (Wildman–Crippen MR) is 123 cm³/mol. The van der Waals surface area contributed by atoms with Crippen molar-refractivity contribution in [2.45, 2.75) is 38.8 Å². The van der Waals surface area contributed by atoms with Gasteiger partial charge in [-0.3, -0.25) is 19.7 Å². The Morgan fingerprint density at radius 3 is 2.62 bits per heavy atom. The molecule has 1 aliphatic rings. The Balaban J connectivity index is 1.46. The zero-order chi connectivity index (χ0) is 22.9. The lowest BCUT2D eigenvalue weighted by atomic mass is 9.75. The number of anilines is 1. The number of nitrogens with zero attached hydrogens (tertiary/aromatic N) is 3. The largest absolute Gasteiger partial charge is 0.301 e. The summed E-state index contributed by atoms with van der Waals surface area (Å²) in [6.07, 6.45) is 1.10. The third kappa shape index (κ3) is 4.94. The van der Waals surface area contributed by atoms with Crippen molar-refractivity contribution in [2.24, 2.45) is 5.41 Å². The highest BCUT2D eigenvalue weighted by Gasteiger charge is 2.33. The number of H-pyrrole nitrogens is 1. The van der Waals surface area contributed by atoms with Gasteiger partial charge >= 0.3 is 0 Å². The molecule has 1 amide bonds. The Morgan fingerprint density at radius 1 is 1.12 bits per heavy atom. The standard InChI is InChI=1S/C23H23N5O3S/c1-13-20-16(10-23(2,3)11-17(20)29)25-21(24-13)27-19(31)12-32-22-26-15(9-18(30)28-22)14-7-5-4-6-8-14/h4-9H,10-12H2,1-3H3,(H,26,28,30)(H,24,25,27,31). The number of hydrogen-bond acceptors (Lipinski definition) is 7. The fourth-order valence-electron chi connectivity index (χ4n) is 3.77. The normalized spacial score (nSPS) is 14.7. The smallest absolute Gasteiger partial charge is 0.252 e. The summed E-state index contributed by atoms with van der Waals surface area (Å²) in [6.45, 7) is 5.81. The number of rotatable bonds is 5. The molecule has 0 radical (unpaired) electrons. The van der Waals surface area contributed by atoms with Crippen LogP contribution in [0.4, 0.5) is 5.95 Å². The van der Waals surface area contributed by atoms with Crippen molar-refractivity contribution in [1.82, 2.24) is 19.9 Å². The van der Waals surface area contributed by atoms with E-state index < -0.39 is 0 Å². The van der Waals surface area contributed by atoms with E-state index in [1.54, 1.807) is 6.92 Å². The third-order valence-corrected chi connectivity index (χ3v) is 5.98. The molecule has 164 valence electrons. The molecule has 4 rings (SSSR count). The van der Waals surface area contributed by atoms with E-state index >= 15 is 0 Å². The molecule has 0 saturated carbocycles. The Bertz CT molecular complexity index is 1250. The Kier molecular flexibility index (Phi) is 5.92. The van der Waals surface area contributed by atoms with E-state index in [1.807, 2.05) is 44.2 Å². The number of carbonyl (C=O) groups is 2. The summed E-state index contributed by atoms with van der Waals surface area (Å²) in [5, 5.41) is 3.04. The first-order valence-corrected chi connectivity index (χ1v) is 11.2. The van der Waals surface area contributed by atoms with E-state index in [-0.39, 0.29) is 34.4 Å². The summed E-state index contributed by atoms with van der Waals surface area (Å²) in [5.41, 5.74) is 2.70. The zero-order valence-electron chi connectivity index (χ0n) is 18.1. The summed E-state index contributed by atoms with van der Waals surface area (Å²) >= 11 is 1.12. The van der Waals surface area contributed by atoms with Crippen LogP contribution in [0.1, 0.15) is 42.0 Å². The van der Waals surface area contributed by atoms with Crippen LogP contribution < -0.4 is 10.9 Å². The van der Waals surface area contributed by atoms with Crippen molar-refractivity contribution in [1.29, 1.82) is 0 Å². The predicted octanol–water partition coefficient (Wildman–Crippen LogP) is 3.42. The minimum atomic E-state index is -0.330. The van der Waals surface area contributed by atoms with Crippen LogP contribution in [-0.2, 0) is 11.2 Å². The fraction of sp³-hybridized carbons (Fsp3) is 0.304. The average Bonchev–Trinajstić information content (AvgIpc) is 2.71. The highest BCUT2D eigenvalue weighted by Crippen LogP contribution is 2.35. The van der Waals surface area contributed by atoms with Crippen molar-refractivity contribution in [3.63, 3.8) is 0 Å². The first kappa shape index (κ1) is 21.9. The van der Waals surface area contributed by atoms with Crippen molar-refractivity contribution in [2.75, 3.05) is 11.1 Å². The number of ketones is 1. The van der Waals surface area contributed by atoms with Crippen LogP contribution in [0, 0.1) is 12.3 Å². The molecule has 0 saturated heterocycles. The van der Waals surface area contributed by atoms with Crippen molar-refractivity contribution < 1.29 is 9.59 Å². The molecule has 0 bridgehead atoms. The number of aryl methyl sites for hydroxylation is 1. The third-order valence-electron chi connectivity index (χ3n) is 5.11. The Hall–Kier alpha value is -3.33. The molecular formula is C23H23N5O3S. The number of thioether (sulfide) groups is 1. The quantitative estimate of drug-likeness (QED) is 0.453.